The van der Waals surface area contributed by atoms with E-state index in [-0.39, 0.29) is 17.2 Å². The average molecular weight is 497 g/mol. The van der Waals surface area contributed by atoms with Gasteiger partial charge in [-0.05, 0) is 69.0 Å². The first kappa shape index (κ1) is 26.7. The number of nitro benzene ring substituents is 1. The van der Waals surface area contributed by atoms with Gasteiger partial charge in [0, 0.05) is 43.5 Å². The highest BCUT2D eigenvalue weighted by Gasteiger charge is 2.25. The first-order chi connectivity index (χ1) is 17.2. The van der Waals surface area contributed by atoms with Crippen LogP contribution in [0.4, 0.5) is 17.1 Å². The first-order valence-electron chi connectivity index (χ1n) is 12.1. The van der Waals surface area contributed by atoms with Crippen molar-refractivity contribution in [1.29, 1.82) is 0 Å². The molecule has 1 N–H and O–H groups in total. The maximum Gasteiger partial charge on any atom is 0.338 e. The third-order valence-electron chi connectivity index (χ3n) is 6.33. The zero-order chi connectivity index (χ0) is 26.2. The Balaban J connectivity index is 1.58. The summed E-state index contributed by atoms with van der Waals surface area (Å²) in [6.45, 7) is 8.04. The number of amides is 2. The van der Waals surface area contributed by atoms with Crippen LogP contribution in [-0.2, 0) is 9.53 Å². The number of hydrogen-bond acceptors (Lipinski definition) is 7. The number of carbonyl (C=O) groups excluding carboxylic acids is 3. The van der Waals surface area contributed by atoms with Gasteiger partial charge in [-0.25, -0.2) is 4.79 Å². The molecule has 0 saturated carbocycles. The molecule has 0 aromatic heterocycles. The molecule has 0 radical (unpaired) electrons. The van der Waals surface area contributed by atoms with Crippen LogP contribution in [0.25, 0.3) is 0 Å². The van der Waals surface area contributed by atoms with E-state index in [0.717, 1.165) is 25.9 Å². The molecule has 0 atom stereocenters. The summed E-state index contributed by atoms with van der Waals surface area (Å²) in [5.74, 6) is -0.915. The topological polar surface area (TPSA) is 122 Å². The average Bonchev–Trinajstić information content (AvgIpc) is 2.88. The molecule has 1 aliphatic heterocycles. The SMILES string of the molecule is CCN(CC)C(=O)c1ccc(NC(=O)COC(=O)c2ccc(N3CCC(C)CC3)c([N+](=O)[O-])c2)cc1. The van der Waals surface area contributed by atoms with Gasteiger partial charge in [0.2, 0.25) is 0 Å². The monoisotopic (exact) mass is 496 g/mol. The summed E-state index contributed by atoms with van der Waals surface area (Å²) in [5.41, 5.74) is 1.27. The lowest BCUT2D eigenvalue weighted by Gasteiger charge is -2.31. The summed E-state index contributed by atoms with van der Waals surface area (Å²) < 4.78 is 5.07. The van der Waals surface area contributed by atoms with E-state index in [1.54, 1.807) is 35.2 Å². The van der Waals surface area contributed by atoms with Crippen molar-refractivity contribution in [3.05, 3.63) is 63.7 Å². The number of ether oxygens (including phenoxy) is 1. The van der Waals surface area contributed by atoms with Crippen molar-refractivity contribution in [1.82, 2.24) is 4.90 Å². The molecule has 10 nitrogen and oxygen atoms in total. The summed E-state index contributed by atoms with van der Waals surface area (Å²) in [5, 5.41) is 14.3. The Labute approximate surface area is 210 Å². The van der Waals surface area contributed by atoms with Crippen LogP contribution >= 0.6 is 0 Å². The second-order valence-corrected chi connectivity index (χ2v) is 8.81. The minimum absolute atomic E-state index is 0.00268. The lowest BCUT2D eigenvalue weighted by molar-refractivity contribution is -0.384. The maximum atomic E-state index is 12.5. The third-order valence-corrected chi connectivity index (χ3v) is 6.33. The van der Waals surface area contributed by atoms with Gasteiger partial charge in [-0.2, -0.15) is 0 Å². The first-order valence-corrected chi connectivity index (χ1v) is 12.1. The predicted molar refractivity (Wildman–Crippen MR) is 136 cm³/mol. The molecule has 3 rings (SSSR count). The fraction of sp³-hybridized carbons (Fsp3) is 0.423. The van der Waals surface area contributed by atoms with E-state index in [4.69, 9.17) is 4.74 Å². The van der Waals surface area contributed by atoms with E-state index < -0.39 is 23.4 Å². The van der Waals surface area contributed by atoms with Gasteiger partial charge in [0.25, 0.3) is 17.5 Å². The molecule has 2 aromatic rings. The highest BCUT2D eigenvalue weighted by molar-refractivity contribution is 5.97. The van der Waals surface area contributed by atoms with Crippen molar-refractivity contribution in [2.45, 2.75) is 33.6 Å². The summed E-state index contributed by atoms with van der Waals surface area (Å²) >= 11 is 0. The van der Waals surface area contributed by atoms with Gasteiger partial charge in [0.15, 0.2) is 6.61 Å². The van der Waals surface area contributed by atoms with Crippen LogP contribution in [0.2, 0.25) is 0 Å². The largest absolute Gasteiger partial charge is 0.452 e. The molecule has 1 aliphatic rings. The van der Waals surface area contributed by atoms with Crippen LogP contribution in [0.5, 0.6) is 0 Å². The van der Waals surface area contributed by atoms with Crippen LogP contribution in [0, 0.1) is 16.0 Å². The fourth-order valence-corrected chi connectivity index (χ4v) is 4.11. The molecule has 1 saturated heterocycles. The van der Waals surface area contributed by atoms with Crippen LogP contribution in [-0.4, -0.2) is 60.4 Å². The van der Waals surface area contributed by atoms with Crippen molar-refractivity contribution >= 4 is 34.8 Å². The zero-order valence-corrected chi connectivity index (χ0v) is 20.9. The second kappa shape index (κ2) is 12.1. The van der Waals surface area contributed by atoms with E-state index in [9.17, 15) is 24.5 Å². The maximum absolute atomic E-state index is 12.5. The molecule has 1 heterocycles. The van der Waals surface area contributed by atoms with Crippen LogP contribution in [0.1, 0.15) is 54.3 Å². The highest BCUT2D eigenvalue weighted by Crippen LogP contribution is 2.32. The van der Waals surface area contributed by atoms with E-state index >= 15 is 0 Å². The van der Waals surface area contributed by atoms with E-state index in [2.05, 4.69) is 12.2 Å². The molecular formula is C26H32N4O6. The van der Waals surface area contributed by atoms with Crippen LogP contribution in [0.15, 0.2) is 42.5 Å². The summed E-state index contributed by atoms with van der Waals surface area (Å²) in [4.78, 5) is 51.9. The lowest BCUT2D eigenvalue weighted by atomic mass is 9.98. The van der Waals surface area contributed by atoms with Crippen molar-refractivity contribution in [3.63, 3.8) is 0 Å². The number of nitrogens with zero attached hydrogens (tertiary/aromatic N) is 3. The number of hydrogen-bond donors (Lipinski definition) is 1. The van der Waals surface area contributed by atoms with Gasteiger partial charge >= 0.3 is 5.97 Å². The number of anilines is 2. The Bertz CT molecular complexity index is 1110. The van der Waals surface area contributed by atoms with Gasteiger partial charge in [-0.15, -0.1) is 0 Å². The molecule has 1 fully saturated rings. The van der Waals surface area contributed by atoms with Gasteiger partial charge in [0.05, 0.1) is 10.5 Å². The minimum Gasteiger partial charge on any atom is -0.452 e. The van der Waals surface area contributed by atoms with Crippen molar-refractivity contribution in [2.24, 2.45) is 5.92 Å². The van der Waals surface area contributed by atoms with E-state index in [1.807, 2.05) is 18.7 Å². The van der Waals surface area contributed by atoms with Crippen LogP contribution in [0.3, 0.4) is 0 Å². The molecule has 10 heteroatoms. The van der Waals surface area contributed by atoms with Crippen molar-refractivity contribution in [2.75, 3.05) is 43.0 Å². The fourth-order valence-electron chi connectivity index (χ4n) is 4.11. The lowest BCUT2D eigenvalue weighted by Crippen LogP contribution is -2.33. The van der Waals surface area contributed by atoms with Gasteiger partial charge in [-0.3, -0.25) is 19.7 Å². The normalized spacial score (nSPS) is 13.7. The van der Waals surface area contributed by atoms with Gasteiger partial charge < -0.3 is 19.9 Å². The third kappa shape index (κ3) is 6.59. The number of esters is 1. The second-order valence-electron chi connectivity index (χ2n) is 8.81. The molecule has 2 aromatic carbocycles. The Hall–Kier alpha value is -3.95. The van der Waals surface area contributed by atoms with Crippen molar-refractivity contribution < 1.29 is 24.0 Å². The van der Waals surface area contributed by atoms with Gasteiger partial charge in [0.1, 0.15) is 5.69 Å². The number of benzene rings is 2. The number of nitro groups is 1. The summed E-state index contributed by atoms with van der Waals surface area (Å²) in [7, 11) is 0. The smallest absolute Gasteiger partial charge is 0.338 e. The molecule has 0 unspecified atom stereocenters. The Kier molecular flexibility index (Phi) is 8.99. The Morgan fingerprint density at radius 3 is 2.25 bits per heavy atom. The molecule has 36 heavy (non-hydrogen) atoms. The minimum atomic E-state index is -0.827. The van der Waals surface area contributed by atoms with Gasteiger partial charge in [-0.1, -0.05) is 6.92 Å². The highest BCUT2D eigenvalue weighted by atomic mass is 16.6. The summed E-state index contributed by atoms with van der Waals surface area (Å²) in [6.07, 6.45) is 1.90. The van der Waals surface area contributed by atoms with Crippen molar-refractivity contribution in [3.8, 4) is 0 Å². The molecule has 0 bridgehead atoms. The Morgan fingerprint density at radius 1 is 1.06 bits per heavy atom. The number of carbonyl (C=O) groups is 3. The summed E-state index contributed by atoms with van der Waals surface area (Å²) in [6, 6.07) is 10.7. The molecule has 192 valence electrons. The molecular weight excluding hydrogens is 464 g/mol. The van der Waals surface area contributed by atoms with Crippen LogP contribution < -0.4 is 10.2 Å². The van der Waals surface area contributed by atoms with E-state index in [0.29, 0.717) is 35.9 Å². The zero-order valence-electron chi connectivity index (χ0n) is 20.9. The predicted octanol–water partition coefficient (Wildman–Crippen LogP) is 4.11. The Morgan fingerprint density at radius 2 is 1.67 bits per heavy atom. The molecule has 0 aliphatic carbocycles. The number of nitrogens with one attached hydrogen (secondary N) is 1. The number of rotatable bonds is 9. The molecule has 2 amide bonds. The molecule has 0 spiro atoms. The standard InChI is InChI=1S/C26H32N4O6/c1-4-28(5-2)25(32)19-6-9-21(10-7-19)27-24(31)17-36-26(33)20-8-11-22(23(16-20)30(34)35)29-14-12-18(3)13-15-29/h6-11,16,18H,4-5,12-15,17H2,1-3H3,(H,27,31). The quantitative estimate of drug-likeness (QED) is 0.315. The number of piperidine rings is 1. The van der Waals surface area contributed by atoms with E-state index in [1.165, 1.54) is 12.1 Å².